The molecule has 8 heteroatoms. The Morgan fingerprint density at radius 1 is 1.14 bits per heavy atom. The van der Waals surface area contributed by atoms with E-state index in [0.717, 1.165) is 18.5 Å². The summed E-state index contributed by atoms with van der Waals surface area (Å²) in [6, 6.07) is 11.8. The van der Waals surface area contributed by atoms with Crippen LogP contribution in [0.15, 0.2) is 56.4 Å². The highest BCUT2D eigenvalue weighted by Gasteiger charge is 2.18. The third kappa shape index (κ3) is 5.95. The van der Waals surface area contributed by atoms with E-state index < -0.39 is 0 Å². The van der Waals surface area contributed by atoms with E-state index in [1.54, 1.807) is 35.1 Å². The fraction of sp³-hybridized carbons (Fsp3) is 0.381. The molecule has 0 aliphatic rings. The van der Waals surface area contributed by atoms with Crippen molar-refractivity contribution in [3.63, 3.8) is 0 Å². The minimum atomic E-state index is 0.0539. The van der Waals surface area contributed by atoms with Crippen molar-refractivity contribution in [1.29, 1.82) is 0 Å². The van der Waals surface area contributed by atoms with Gasteiger partial charge in [-0.1, -0.05) is 19.1 Å². The molecular formula is C21H26N4O3S. The van der Waals surface area contributed by atoms with Gasteiger partial charge in [0.2, 0.25) is 11.8 Å². The van der Waals surface area contributed by atoms with Crippen molar-refractivity contribution >= 4 is 17.7 Å². The van der Waals surface area contributed by atoms with Gasteiger partial charge in [-0.15, -0.1) is 22.0 Å². The van der Waals surface area contributed by atoms with Crippen LogP contribution < -0.4 is 0 Å². The summed E-state index contributed by atoms with van der Waals surface area (Å²) in [6.45, 7) is 4.14. The van der Waals surface area contributed by atoms with Crippen molar-refractivity contribution in [2.24, 2.45) is 0 Å². The molecule has 0 unspecified atom stereocenters. The fourth-order valence-electron chi connectivity index (χ4n) is 2.94. The van der Waals surface area contributed by atoms with Crippen LogP contribution in [0.5, 0.6) is 0 Å². The van der Waals surface area contributed by atoms with Crippen LogP contribution in [0.1, 0.15) is 24.8 Å². The van der Waals surface area contributed by atoms with Crippen LogP contribution in [-0.4, -0.2) is 52.3 Å². The maximum Gasteiger partial charge on any atom is 0.283 e. The average Bonchev–Trinajstić information content (AvgIpc) is 3.40. The minimum absolute atomic E-state index is 0.0539. The van der Waals surface area contributed by atoms with Crippen molar-refractivity contribution in [1.82, 2.24) is 20.0 Å². The number of likely N-dealkylation sites (N-methyl/N-ethyl adjacent to an activating group) is 1. The molecule has 0 bridgehead atoms. The Morgan fingerprint density at radius 2 is 1.93 bits per heavy atom. The van der Waals surface area contributed by atoms with Gasteiger partial charge in [-0.2, -0.15) is 0 Å². The Labute approximate surface area is 175 Å². The highest BCUT2D eigenvalue weighted by atomic mass is 32.2. The highest BCUT2D eigenvalue weighted by Crippen LogP contribution is 2.19. The van der Waals surface area contributed by atoms with E-state index in [9.17, 15) is 4.79 Å². The summed E-state index contributed by atoms with van der Waals surface area (Å²) in [6.07, 6.45) is 4.53. The maximum absolute atomic E-state index is 12.7. The van der Waals surface area contributed by atoms with Gasteiger partial charge in [0.1, 0.15) is 0 Å². The molecule has 0 saturated heterocycles. The van der Waals surface area contributed by atoms with Crippen LogP contribution in [0, 0.1) is 0 Å². The molecule has 2 aromatic heterocycles. The van der Waals surface area contributed by atoms with Gasteiger partial charge in [0.25, 0.3) is 5.89 Å². The number of thioether (sulfide) groups is 1. The molecule has 154 valence electrons. The van der Waals surface area contributed by atoms with E-state index in [2.05, 4.69) is 41.4 Å². The molecule has 3 aromatic rings. The molecule has 0 aliphatic carbocycles. The van der Waals surface area contributed by atoms with Crippen molar-refractivity contribution in [2.45, 2.75) is 31.3 Å². The Balaban J connectivity index is 1.57. The Hall–Kier alpha value is -2.58. The first-order valence-corrected chi connectivity index (χ1v) is 10.8. The predicted octanol–water partition coefficient (Wildman–Crippen LogP) is 3.92. The van der Waals surface area contributed by atoms with Crippen LogP contribution in [0.4, 0.5) is 0 Å². The molecule has 0 radical (unpaired) electrons. The zero-order chi connectivity index (χ0) is 20.6. The Bertz CT molecular complexity index is 893. The normalized spacial score (nSPS) is 11.2. The lowest BCUT2D eigenvalue weighted by Gasteiger charge is -2.23. The van der Waals surface area contributed by atoms with Gasteiger partial charge < -0.3 is 13.7 Å². The molecule has 3 rings (SSSR count). The minimum Gasteiger partial charge on any atom is -0.459 e. The van der Waals surface area contributed by atoms with Gasteiger partial charge in [0.05, 0.1) is 19.4 Å². The number of furan rings is 1. The van der Waals surface area contributed by atoms with Crippen molar-refractivity contribution in [2.75, 3.05) is 26.4 Å². The predicted molar refractivity (Wildman–Crippen MR) is 112 cm³/mol. The molecule has 29 heavy (non-hydrogen) atoms. The number of hydrogen-bond donors (Lipinski definition) is 0. The van der Waals surface area contributed by atoms with E-state index in [4.69, 9.17) is 8.83 Å². The van der Waals surface area contributed by atoms with Crippen LogP contribution >= 0.6 is 11.8 Å². The molecule has 0 spiro atoms. The SMILES string of the molecule is CCCN(CC(=O)N(C)Cc1ccc(SC)cc1)Cc1nnc(-c2ccco2)o1. The maximum atomic E-state index is 12.7. The summed E-state index contributed by atoms with van der Waals surface area (Å²) in [5, 5.41) is 8.11. The van der Waals surface area contributed by atoms with Gasteiger partial charge in [-0.25, -0.2) is 0 Å². The molecule has 1 aromatic carbocycles. The second-order valence-electron chi connectivity index (χ2n) is 6.79. The lowest BCUT2D eigenvalue weighted by molar-refractivity contribution is -0.131. The smallest absolute Gasteiger partial charge is 0.283 e. The molecule has 2 heterocycles. The number of rotatable bonds is 10. The topological polar surface area (TPSA) is 75.6 Å². The lowest BCUT2D eigenvalue weighted by atomic mass is 10.2. The van der Waals surface area contributed by atoms with Gasteiger partial charge in [0, 0.05) is 18.5 Å². The van der Waals surface area contributed by atoms with Crippen molar-refractivity contribution < 1.29 is 13.6 Å². The third-order valence-corrected chi connectivity index (χ3v) is 5.20. The van der Waals surface area contributed by atoms with E-state index in [0.29, 0.717) is 37.2 Å². The van der Waals surface area contributed by atoms with E-state index >= 15 is 0 Å². The standard InChI is InChI=1S/C21H26N4O3S/c1-4-11-25(14-19-22-23-21(28-19)18-6-5-12-27-18)15-20(26)24(2)13-16-7-9-17(29-3)10-8-16/h5-10,12H,4,11,13-15H2,1-3H3. The molecular weight excluding hydrogens is 388 g/mol. The number of hydrogen-bond acceptors (Lipinski definition) is 7. The number of carbonyl (C=O) groups is 1. The second-order valence-corrected chi connectivity index (χ2v) is 7.67. The van der Waals surface area contributed by atoms with Crippen LogP contribution in [0.2, 0.25) is 0 Å². The van der Waals surface area contributed by atoms with E-state index in [1.165, 1.54) is 4.90 Å². The zero-order valence-corrected chi connectivity index (χ0v) is 17.8. The van der Waals surface area contributed by atoms with Gasteiger partial charge in [-0.3, -0.25) is 9.69 Å². The first kappa shape index (κ1) is 21.1. The highest BCUT2D eigenvalue weighted by molar-refractivity contribution is 7.98. The molecule has 0 atom stereocenters. The summed E-state index contributed by atoms with van der Waals surface area (Å²) < 4.78 is 11.0. The summed E-state index contributed by atoms with van der Waals surface area (Å²) >= 11 is 1.71. The quantitative estimate of drug-likeness (QED) is 0.465. The third-order valence-electron chi connectivity index (χ3n) is 4.46. The molecule has 0 saturated carbocycles. The number of carbonyl (C=O) groups excluding carboxylic acids is 1. The van der Waals surface area contributed by atoms with Gasteiger partial charge in [0.15, 0.2) is 5.76 Å². The zero-order valence-electron chi connectivity index (χ0n) is 17.0. The van der Waals surface area contributed by atoms with E-state index in [1.807, 2.05) is 18.2 Å². The van der Waals surface area contributed by atoms with Crippen molar-refractivity contribution in [3.8, 4) is 11.7 Å². The monoisotopic (exact) mass is 414 g/mol. The number of amides is 1. The Kier molecular flexibility index (Phi) is 7.48. The van der Waals surface area contributed by atoms with E-state index in [-0.39, 0.29) is 5.91 Å². The molecule has 0 aliphatic heterocycles. The first-order valence-electron chi connectivity index (χ1n) is 9.54. The lowest BCUT2D eigenvalue weighted by Crippen LogP contribution is -2.38. The average molecular weight is 415 g/mol. The first-order chi connectivity index (χ1) is 14.1. The number of benzene rings is 1. The van der Waals surface area contributed by atoms with Gasteiger partial charge in [-0.05, 0) is 49.1 Å². The molecule has 0 fully saturated rings. The number of nitrogens with zero attached hydrogens (tertiary/aromatic N) is 4. The van der Waals surface area contributed by atoms with Crippen LogP contribution in [-0.2, 0) is 17.9 Å². The van der Waals surface area contributed by atoms with Crippen LogP contribution in [0.3, 0.4) is 0 Å². The summed E-state index contributed by atoms with van der Waals surface area (Å²) in [5.41, 5.74) is 1.11. The van der Waals surface area contributed by atoms with Gasteiger partial charge >= 0.3 is 0 Å². The second kappa shape index (κ2) is 10.3. The van der Waals surface area contributed by atoms with Crippen LogP contribution in [0.25, 0.3) is 11.7 Å². The summed E-state index contributed by atoms with van der Waals surface area (Å²) in [4.78, 5) is 17.7. The largest absolute Gasteiger partial charge is 0.459 e. The summed E-state index contributed by atoms with van der Waals surface area (Å²) in [7, 11) is 1.83. The Morgan fingerprint density at radius 3 is 2.59 bits per heavy atom. The number of aromatic nitrogens is 2. The van der Waals surface area contributed by atoms with Crippen molar-refractivity contribution in [3.05, 3.63) is 54.1 Å². The summed E-state index contributed by atoms with van der Waals surface area (Å²) in [5.74, 6) is 1.40. The fourth-order valence-corrected chi connectivity index (χ4v) is 3.35. The molecule has 0 N–H and O–H groups in total. The molecule has 7 nitrogen and oxygen atoms in total. The molecule has 1 amide bonds.